The van der Waals surface area contributed by atoms with E-state index in [2.05, 4.69) is 23.3 Å². The zero-order valence-corrected chi connectivity index (χ0v) is 18.8. The number of rotatable bonds is 5. The fourth-order valence-corrected chi connectivity index (χ4v) is 6.35. The van der Waals surface area contributed by atoms with Gasteiger partial charge in [-0.1, -0.05) is 12.1 Å². The van der Waals surface area contributed by atoms with Gasteiger partial charge in [-0.3, -0.25) is 0 Å². The highest BCUT2D eigenvalue weighted by Crippen LogP contribution is 2.34. The number of piperazine rings is 1. The largest absolute Gasteiger partial charge is 0.496 e. The number of hydrogen-bond donors (Lipinski definition) is 0. The van der Waals surface area contributed by atoms with E-state index < -0.39 is 10.0 Å². The molecule has 0 aliphatic carbocycles. The van der Waals surface area contributed by atoms with E-state index in [1.165, 1.54) is 10.6 Å². The minimum absolute atomic E-state index is 0.420. The summed E-state index contributed by atoms with van der Waals surface area (Å²) >= 11 is 1.72. The van der Waals surface area contributed by atoms with E-state index in [1.807, 2.05) is 39.0 Å². The molecule has 28 heavy (non-hydrogen) atoms. The Labute approximate surface area is 172 Å². The lowest BCUT2D eigenvalue weighted by atomic mass is 10.1. The summed E-state index contributed by atoms with van der Waals surface area (Å²) in [5.41, 5.74) is 3.56. The van der Waals surface area contributed by atoms with Gasteiger partial charge in [-0.2, -0.15) is 4.31 Å². The predicted molar refractivity (Wildman–Crippen MR) is 116 cm³/mol. The molecule has 1 heterocycles. The van der Waals surface area contributed by atoms with Crippen molar-refractivity contribution in [3.8, 4) is 5.75 Å². The Hall–Kier alpha value is -1.70. The Morgan fingerprint density at radius 1 is 1.00 bits per heavy atom. The van der Waals surface area contributed by atoms with Crippen LogP contribution in [0.25, 0.3) is 0 Å². The Bertz CT molecular complexity index is 966. The van der Waals surface area contributed by atoms with Gasteiger partial charge in [-0.05, 0) is 61.9 Å². The molecule has 0 unspecified atom stereocenters. The normalized spacial score (nSPS) is 15.7. The highest BCUT2D eigenvalue weighted by molar-refractivity contribution is 7.98. The minimum atomic E-state index is -3.55. The number of hydrogen-bond acceptors (Lipinski definition) is 5. The Kier molecular flexibility index (Phi) is 6.27. The summed E-state index contributed by atoms with van der Waals surface area (Å²) in [5, 5.41) is 0. The second-order valence-corrected chi connectivity index (χ2v) is 9.76. The number of ether oxygens (including phenoxy) is 1. The van der Waals surface area contributed by atoms with Gasteiger partial charge in [0, 0.05) is 31.1 Å². The van der Waals surface area contributed by atoms with Crippen molar-refractivity contribution in [1.82, 2.24) is 4.31 Å². The third-order valence-corrected chi connectivity index (χ3v) is 8.43. The van der Waals surface area contributed by atoms with Gasteiger partial charge in [0.2, 0.25) is 10.0 Å². The summed E-state index contributed by atoms with van der Waals surface area (Å²) < 4.78 is 33.8. The van der Waals surface area contributed by atoms with E-state index in [0.29, 0.717) is 31.1 Å². The van der Waals surface area contributed by atoms with Gasteiger partial charge >= 0.3 is 0 Å². The SMILES string of the molecule is COc1cc(C)c(S(=O)(=O)N2CCN(c3ccccc3SC)CC2)c(C)c1C. The summed E-state index contributed by atoms with van der Waals surface area (Å²) in [4.78, 5) is 3.91. The average molecular weight is 421 g/mol. The van der Waals surface area contributed by atoms with Crippen molar-refractivity contribution in [1.29, 1.82) is 0 Å². The van der Waals surface area contributed by atoms with E-state index in [-0.39, 0.29) is 0 Å². The van der Waals surface area contributed by atoms with Crippen molar-refractivity contribution in [3.05, 3.63) is 47.0 Å². The van der Waals surface area contributed by atoms with Gasteiger partial charge in [0.05, 0.1) is 17.7 Å². The van der Waals surface area contributed by atoms with Crippen molar-refractivity contribution in [2.45, 2.75) is 30.6 Å². The van der Waals surface area contributed by atoms with E-state index in [4.69, 9.17) is 4.74 Å². The predicted octanol–water partition coefficient (Wildman–Crippen LogP) is 3.85. The third-order valence-electron chi connectivity index (χ3n) is 5.46. The molecule has 152 valence electrons. The first kappa shape index (κ1) is 21.0. The maximum absolute atomic E-state index is 13.4. The van der Waals surface area contributed by atoms with Crippen molar-refractivity contribution < 1.29 is 13.2 Å². The lowest BCUT2D eigenvalue weighted by Crippen LogP contribution is -2.49. The molecule has 0 bridgehead atoms. The molecule has 3 rings (SSSR count). The maximum atomic E-state index is 13.4. The molecule has 5 nitrogen and oxygen atoms in total. The molecule has 1 aliphatic rings. The third kappa shape index (κ3) is 3.75. The van der Waals surface area contributed by atoms with E-state index in [1.54, 1.807) is 23.2 Å². The zero-order valence-electron chi connectivity index (χ0n) is 17.2. The Morgan fingerprint density at radius 2 is 1.64 bits per heavy atom. The molecule has 1 aliphatic heterocycles. The summed E-state index contributed by atoms with van der Waals surface area (Å²) in [6.45, 7) is 7.94. The molecule has 0 spiro atoms. The van der Waals surface area contributed by atoms with Crippen LogP contribution in [0.15, 0.2) is 40.1 Å². The fraction of sp³-hybridized carbons (Fsp3) is 0.429. The van der Waals surface area contributed by atoms with Gasteiger partial charge < -0.3 is 9.64 Å². The molecule has 7 heteroatoms. The van der Waals surface area contributed by atoms with Gasteiger partial charge in [-0.15, -0.1) is 11.8 Å². The summed E-state index contributed by atoms with van der Waals surface area (Å²) in [7, 11) is -1.93. The number of thioether (sulfide) groups is 1. The van der Waals surface area contributed by atoms with E-state index in [0.717, 1.165) is 22.4 Å². The Balaban J connectivity index is 1.85. The van der Waals surface area contributed by atoms with Crippen molar-refractivity contribution in [3.63, 3.8) is 0 Å². The standard InChI is InChI=1S/C21H28N2O3S2/c1-15-14-19(26-4)16(2)17(3)21(15)28(24,25)23-12-10-22(11-13-23)18-8-6-7-9-20(18)27-5/h6-9,14H,10-13H2,1-5H3. The average Bonchev–Trinajstić information content (AvgIpc) is 2.70. The summed E-state index contributed by atoms with van der Waals surface area (Å²) in [5.74, 6) is 0.729. The molecule has 0 radical (unpaired) electrons. The molecular formula is C21H28N2O3S2. The number of nitrogens with zero attached hydrogens (tertiary/aromatic N) is 2. The molecule has 1 saturated heterocycles. The molecule has 0 aromatic heterocycles. The molecule has 2 aromatic rings. The smallest absolute Gasteiger partial charge is 0.243 e. The molecular weight excluding hydrogens is 392 g/mol. The number of methoxy groups -OCH3 is 1. The van der Waals surface area contributed by atoms with E-state index >= 15 is 0 Å². The van der Waals surface area contributed by atoms with Crippen LogP contribution in [0.2, 0.25) is 0 Å². The molecule has 0 saturated carbocycles. The van der Waals surface area contributed by atoms with Gasteiger partial charge in [0.1, 0.15) is 5.75 Å². The highest BCUT2D eigenvalue weighted by Gasteiger charge is 2.32. The highest BCUT2D eigenvalue weighted by atomic mass is 32.2. The number of para-hydroxylation sites is 1. The first-order valence-electron chi connectivity index (χ1n) is 9.34. The Morgan fingerprint density at radius 3 is 2.25 bits per heavy atom. The molecule has 0 atom stereocenters. The first-order valence-corrected chi connectivity index (χ1v) is 12.0. The number of aryl methyl sites for hydroxylation is 1. The molecule has 0 amide bonds. The second-order valence-electron chi connectivity index (χ2n) is 7.04. The maximum Gasteiger partial charge on any atom is 0.243 e. The minimum Gasteiger partial charge on any atom is -0.496 e. The quantitative estimate of drug-likeness (QED) is 0.688. The second kappa shape index (κ2) is 8.35. The summed E-state index contributed by atoms with van der Waals surface area (Å²) in [6.07, 6.45) is 2.07. The number of anilines is 1. The molecule has 1 fully saturated rings. The van der Waals surface area contributed by atoms with Crippen LogP contribution in [0.4, 0.5) is 5.69 Å². The lowest BCUT2D eigenvalue weighted by molar-refractivity contribution is 0.383. The summed E-state index contributed by atoms with van der Waals surface area (Å²) in [6, 6.07) is 10.1. The van der Waals surface area contributed by atoms with Crippen LogP contribution in [0.3, 0.4) is 0 Å². The van der Waals surface area contributed by atoms with Gasteiger partial charge in [-0.25, -0.2) is 8.42 Å². The topological polar surface area (TPSA) is 49.9 Å². The first-order chi connectivity index (χ1) is 13.3. The van der Waals surface area contributed by atoms with Crippen molar-refractivity contribution in [2.24, 2.45) is 0 Å². The fourth-order valence-electron chi connectivity index (χ4n) is 3.82. The van der Waals surface area contributed by atoms with Crippen LogP contribution in [0.1, 0.15) is 16.7 Å². The lowest BCUT2D eigenvalue weighted by Gasteiger charge is -2.36. The zero-order chi connectivity index (χ0) is 20.5. The monoisotopic (exact) mass is 420 g/mol. The van der Waals surface area contributed by atoms with Crippen LogP contribution < -0.4 is 9.64 Å². The van der Waals surface area contributed by atoms with Crippen molar-refractivity contribution >= 4 is 27.5 Å². The van der Waals surface area contributed by atoms with Gasteiger partial charge in [0.15, 0.2) is 0 Å². The van der Waals surface area contributed by atoms with Crippen molar-refractivity contribution in [2.75, 3.05) is 44.4 Å². The molecule has 2 aromatic carbocycles. The van der Waals surface area contributed by atoms with Crippen LogP contribution in [-0.2, 0) is 10.0 Å². The van der Waals surface area contributed by atoms with Crippen LogP contribution >= 0.6 is 11.8 Å². The molecule has 0 N–H and O–H groups in total. The van der Waals surface area contributed by atoms with Crippen LogP contribution in [-0.4, -0.2) is 52.3 Å². The van der Waals surface area contributed by atoms with E-state index in [9.17, 15) is 8.42 Å². The van der Waals surface area contributed by atoms with Gasteiger partial charge in [0.25, 0.3) is 0 Å². The van der Waals surface area contributed by atoms with Crippen LogP contribution in [0.5, 0.6) is 5.75 Å². The number of sulfonamides is 1. The number of benzene rings is 2. The van der Waals surface area contributed by atoms with Crippen LogP contribution in [0, 0.1) is 20.8 Å².